The third-order valence-electron chi connectivity index (χ3n) is 4.76. The largest absolute Gasteiger partial charge is 0.389 e. The van der Waals surface area contributed by atoms with Gasteiger partial charge in [0.05, 0.1) is 11.7 Å². The van der Waals surface area contributed by atoms with Crippen LogP contribution in [0.2, 0.25) is 0 Å². The van der Waals surface area contributed by atoms with Gasteiger partial charge in [-0.3, -0.25) is 0 Å². The standard InChI is InChI=1S/C23H25O3PS/c1-23(25,22(24)17-28-21-15-9-4-10-16-21)18-27(26,19-11-5-2-6-12-19)20-13-7-3-8-14-20/h2-16,22,24-25H,17-18H2,1H3/t22-,23-/m0/s1. The second kappa shape index (κ2) is 9.11. The number of aliphatic hydroxyl groups excluding tert-OH is 1. The van der Waals surface area contributed by atoms with E-state index in [9.17, 15) is 14.8 Å². The molecule has 0 bridgehead atoms. The van der Waals surface area contributed by atoms with Crippen LogP contribution in [0, 0.1) is 0 Å². The van der Waals surface area contributed by atoms with Crippen molar-refractivity contribution in [3.8, 4) is 0 Å². The van der Waals surface area contributed by atoms with Gasteiger partial charge in [0.15, 0.2) is 0 Å². The Kier molecular flexibility index (Phi) is 6.79. The van der Waals surface area contributed by atoms with E-state index < -0.39 is 18.8 Å². The fourth-order valence-electron chi connectivity index (χ4n) is 3.10. The minimum absolute atomic E-state index is 0.0233. The molecule has 28 heavy (non-hydrogen) atoms. The molecule has 0 aliphatic rings. The molecular weight excluding hydrogens is 387 g/mol. The Morgan fingerprint density at radius 3 is 1.75 bits per heavy atom. The maximum Gasteiger partial charge on any atom is 0.146 e. The summed E-state index contributed by atoms with van der Waals surface area (Å²) in [6, 6.07) is 28.2. The summed E-state index contributed by atoms with van der Waals surface area (Å²) in [4.78, 5) is 1.02. The lowest BCUT2D eigenvalue weighted by Gasteiger charge is -2.33. The van der Waals surface area contributed by atoms with Crippen molar-refractivity contribution >= 4 is 29.5 Å². The molecule has 3 rings (SSSR count). The van der Waals surface area contributed by atoms with Gasteiger partial charge in [-0.15, -0.1) is 11.8 Å². The summed E-state index contributed by atoms with van der Waals surface area (Å²) in [5.41, 5.74) is -1.50. The highest BCUT2D eigenvalue weighted by Gasteiger charge is 2.40. The Hall–Kier alpha value is -1.84. The third kappa shape index (κ3) is 4.95. The number of rotatable bonds is 8. The van der Waals surface area contributed by atoms with Gasteiger partial charge in [0, 0.05) is 27.4 Å². The van der Waals surface area contributed by atoms with Crippen LogP contribution in [0.15, 0.2) is 95.9 Å². The first-order valence-electron chi connectivity index (χ1n) is 9.20. The molecule has 0 saturated carbocycles. The van der Waals surface area contributed by atoms with Crippen molar-refractivity contribution in [3.63, 3.8) is 0 Å². The second-order valence-electron chi connectivity index (χ2n) is 7.07. The van der Waals surface area contributed by atoms with Crippen LogP contribution < -0.4 is 10.6 Å². The zero-order chi connectivity index (χ0) is 20.0. The molecule has 146 valence electrons. The molecule has 0 fully saturated rings. The van der Waals surface area contributed by atoms with E-state index in [0.717, 1.165) is 4.90 Å². The predicted molar refractivity (Wildman–Crippen MR) is 118 cm³/mol. The summed E-state index contributed by atoms with van der Waals surface area (Å²) in [5.74, 6) is 0.320. The summed E-state index contributed by atoms with van der Waals surface area (Å²) in [7, 11) is -3.11. The van der Waals surface area contributed by atoms with E-state index in [1.54, 1.807) is 6.92 Å². The molecule has 0 aromatic heterocycles. The van der Waals surface area contributed by atoms with Crippen molar-refractivity contribution in [1.29, 1.82) is 0 Å². The Bertz CT molecular complexity index is 871. The van der Waals surface area contributed by atoms with Gasteiger partial charge in [0.25, 0.3) is 0 Å². The molecule has 0 spiro atoms. The zero-order valence-electron chi connectivity index (χ0n) is 15.8. The Morgan fingerprint density at radius 1 is 0.857 bits per heavy atom. The molecular formula is C23H25O3PS. The minimum Gasteiger partial charge on any atom is -0.389 e. The average molecular weight is 412 g/mol. The molecule has 0 aliphatic carbocycles. The molecule has 0 saturated heterocycles. The van der Waals surface area contributed by atoms with Crippen molar-refractivity contribution in [2.45, 2.75) is 23.5 Å². The maximum absolute atomic E-state index is 14.1. The highest BCUT2D eigenvalue weighted by atomic mass is 32.2. The Balaban J connectivity index is 1.84. The maximum atomic E-state index is 14.1. The first-order chi connectivity index (χ1) is 13.4. The fourth-order valence-corrected chi connectivity index (χ4v) is 7.24. The summed E-state index contributed by atoms with van der Waals surface area (Å²) in [5, 5.41) is 23.2. The quantitative estimate of drug-likeness (QED) is 0.435. The van der Waals surface area contributed by atoms with Gasteiger partial charge < -0.3 is 14.8 Å². The van der Waals surface area contributed by atoms with E-state index in [0.29, 0.717) is 16.4 Å². The zero-order valence-corrected chi connectivity index (χ0v) is 17.5. The highest BCUT2D eigenvalue weighted by molar-refractivity contribution is 7.99. The SMILES string of the molecule is C[C@](O)(CP(=O)(c1ccccc1)c1ccccc1)[C@@H](O)CSc1ccccc1. The molecule has 0 aliphatic heterocycles. The summed E-state index contributed by atoms with van der Waals surface area (Å²) in [6.07, 6.45) is -1.04. The molecule has 0 radical (unpaired) electrons. The smallest absolute Gasteiger partial charge is 0.146 e. The van der Waals surface area contributed by atoms with E-state index in [1.165, 1.54) is 11.8 Å². The number of hydrogen-bond acceptors (Lipinski definition) is 4. The van der Waals surface area contributed by atoms with Crippen molar-refractivity contribution in [2.24, 2.45) is 0 Å². The molecule has 0 unspecified atom stereocenters. The van der Waals surface area contributed by atoms with Crippen LogP contribution in [0.3, 0.4) is 0 Å². The van der Waals surface area contributed by atoms with Crippen molar-refractivity contribution < 1.29 is 14.8 Å². The van der Waals surface area contributed by atoms with Gasteiger partial charge >= 0.3 is 0 Å². The lowest BCUT2D eigenvalue weighted by molar-refractivity contribution is -0.0323. The van der Waals surface area contributed by atoms with Crippen molar-refractivity contribution in [3.05, 3.63) is 91.0 Å². The molecule has 2 N–H and O–H groups in total. The summed E-state index contributed by atoms with van der Waals surface area (Å²) < 4.78 is 14.1. The van der Waals surface area contributed by atoms with Crippen LogP contribution in [0.25, 0.3) is 0 Å². The van der Waals surface area contributed by atoms with Crippen LogP contribution in [0.5, 0.6) is 0 Å². The first-order valence-corrected chi connectivity index (χ1v) is 12.1. The molecule has 3 aromatic carbocycles. The summed E-state index contributed by atoms with van der Waals surface area (Å²) >= 11 is 1.47. The highest BCUT2D eigenvalue weighted by Crippen LogP contribution is 2.47. The monoisotopic (exact) mass is 412 g/mol. The second-order valence-corrected chi connectivity index (χ2v) is 11.0. The van der Waals surface area contributed by atoms with Crippen LogP contribution in [0.4, 0.5) is 0 Å². The fraction of sp³-hybridized carbons (Fsp3) is 0.217. The molecule has 0 heterocycles. The Labute approximate surface area is 170 Å². The Morgan fingerprint density at radius 2 is 1.29 bits per heavy atom. The molecule has 2 atom stereocenters. The average Bonchev–Trinajstić information content (AvgIpc) is 2.73. The van der Waals surface area contributed by atoms with Crippen LogP contribution in [-0.4, -0.2) is 33.8 Å². The van der Waals surface area contributed by atoms with E-state index in [4.69, 9.17) is 0 Å². The van der Waals surface area contributed by atoms with Gasteiger partial charge in [0.2, 0.25) is 0 Å². The van der Waals surface area contributed by atoms with E-state index >= 15 is 0 Å². The van der Waals surface area contributed by atoms with Crippen LogP contribution in [-0.2, 0) is 4.57 Å². The molecule has 5 heteroatoms. The minimum atomic E-state index is -3.11. The summed E-state index contributed by atoms with van der Waals surface area (Å²) in [6.45, 7) is 1.57. The number of aliphatic hydroxyl groups is 2. The molecule has 0 amide bonds. The van der Waals surface area contributed by atoms with Gasteiger partial charge in [-0.05, 0) is 19.1 Å². The van der Waals surface area contributed by atoms with Crippen LogP contribution >= 0.6 is 18.9 Å². The number of thioether (sulfide) groups is 1. The molecule has 3 aromatic rings. The lowest BCUT2D eigenvalue weighted by Crippen LogP contribution is -2.46. The predicted octanol–water partition coefficient (Wildman–Crippen LogP) is 3.90. The van der Waals surface area contributed by atoms with Gasteiger partial charge in [0.1, 0.15) is 7.14 Å². The van der Waals surface area contributed by atoms with E-state index in [1.807, 2.05) is 91.0 Å². The molecule has 3 nitrogen and oxygen atoms in total. The number of benzene rings is 3. The number of hydrogen-bond donors (Lipinski definition) is 2. The normalized spacial score (nSPS) is 15.0. The first kappa shape index (κ1) is 20.9. The van der Waals surface area contributed by atoms with Gasteiger partial charge in [-0.2, -0.15) is 0 Å². The van der Waals surface area contributed by atoms with Crippen molar-refractivity contribution in [2.75, 3.05) is 11.9 Å². The van der Waals surface area contributed by atoms with Gasteiger partial charge in [-0.25, -0.2) is 0 Å². The van der Waals surface area contributed by atoms with E-state index in [-0.39, 0.29) is 6.16 Å². The lowest BCUT2D eigenvalue weighted by atomic mass is 10.0. The van der Waals surface area contributed by atoms with Crippen LogP contribution in [0.1, 0.15) is 6.92 Å². The third-order valence-corrected chi connectivity index (χ3v) is 9.20. The van der Waals surface area contributed by atoms with Gasteiger partial charge in [-0.1, -0.05) is 78.9 Å². The van der Waals surface area contributed by atoms with E-state index in [2.05, 4.69) is 0 Å². The topological polar surface area (TPSA) is 57.5 Å². The van der Waals surface area contributed by atoms with Crippen molar-refractivity contribution in [1.82, 2.24) is 0 Å².